The number of sulfonamides is 1. The van der Waals surface area contributed by atoms with Gasteiger partial charge in [0.25, 0.3) is 10.0 Å². The van der Waals surface area contributed by atoms with Crippen LogP contribution in [0.4, 0.5) is 5.69 Å². The first-order chi connectivity index (χ1) is 20.1. The molecule has 10 nitrogen and oxygen atoms in total. The SMILES string of the molecule is CC[C@@H](C(=O)NC(C)C)N(Cc1ccc(OC)cc1)C(=O)CN(c1ccc2c(c1)OCCO2)S(=O)(=O)c1ccccc1. The van der Waals surface area contributed by atoms with E-state index in [1.54, 1.807) is 55.6 Å². The van der Waals surface area contributed by atoms with Crippen molar-refractivity contribution in [3.05, 3.63) is 78.4 Å². The summed E-state index contributed by atoms with van der Waals surface area (Å²) in [5.41, 5.74) is 0.997. The van der Waals surface area contributed by atoms with Crippen LogP contribution >= 0.6 is 0 Å². The third kappa shape index (κ3) is 7.14. The molecule has 0 bridgehead atoms. The lowest BCUT2D eigenvalue weighted by Gasteiger charge is -2.33. The molecular weight excluding hydrogens is 558 g/mol. The van der Waals surface area contributed by atoms with Crippen LogP contribution in [0.25, 0.3) is 0 Å². The summed E-state index contributed by atoms with van der Waals surface area (Å²) in [5, 5.41) is 2.89. The number of amides is 2. The molecule has 3 aromatic carbocycles. The van der Waals surface area contributed by atoms with Gasteiger partial charge in [0.05, 0.1) is 17.7 Å². The van der Waals surface area contributed by atoms with Gasteiger partial charge in [-0.3, -0.25) is 13.9 Å². The lowest BCUT2D eigenvalue weighted by atomic mass is 10.1. The zero-order valence-corrected chi connectivity index (χ0v) is 25.1. The van der Waals surface area contributed by atoms with Crippen LogP contribution in [0, 0.1) is 0 Å². The average Bonchev–Trinajstić information content (AvgIpc) is 2.99. The summed E-state index contributed by atoms with van der Waals surface area (Å²) in [6.45, 7) is 5.75. The summed E-state index contributed by atoms with van der Waals surface area (Å²) in [6.07, 6.45) is 0.329. The van der Waals surface area contributed by atoms with Crippen molar-refractivity contribution in [3.8, 4) is 17.2 Å². The number of rotatable bonds is 12. The fraction of sp³-hybridized carbons (Fsp3) is 0.355. The van der Waals surface area contributed by atoms with Gasteiger partial charge in [0, 0.05) is 18.7 Å². The Bertz CT molecular complexity index is 1480. The standard InChI is InChI=1S/C31H37N3O7S/c1-5-27(31(36)32-22(2)3)33(20-23-11-14-25(39-4)15-12-23)30(35)21-34(42(37,38)26-9-7-6-8-10-26)24-13-16-28-29(19-24)41-18-17-40-28/h6-16,19,22,27H,5,17-18,20-21H2,1-4H3,(H,32,36)/t27-/m0/s1. The van der Waals surface area contributed by atoms with Gasteiger partial charge < -0.3 is 24.4 Å². The minimum absolute atomic E-state index is 0.0268. The van der Waals surface area contributed by atoms with Crippen LogP contribution in [-0.4, -0.2) is 64.1 Å². The minimum atomic E-state index is -4.19. The molecule has 0 saturated heterocycles. The van der Waals surface area contributed by atoms with Crippen molar-refractivity contribution >= 4 is 27.5 Å². The highest BCUT2D eigenvalue weighted by atomic mass is 32.2. The van der Waals surface area contributed by atoms with Crippen LogP contribution in [0.15, 0.2) is 77.7 Å². The molecule has 224 valence electrons. The second-order valence-corrected chi connectivity index (χ2v) is 12.0. The Morgan fingerprint density at radius 2 is 1.62 bits per heavy atom. The van der Waals surface area contributed by atoms with E-state index in [0.717, 1.165) is 9.87 Å². The minimum Gasteiger partial charge on any atom is -0.497 e. The molecule has 2 amide bonds. The third-order valence-electron chi connectivity index (χ3n) is 6.75. The largest absolute Gasteiger partial charge is 0.497 e. The molecule has 3 aromatic rings. The normalized spacial score (nSPS) is 13.3. The van der Waals surface area contributed by atoms with Gasteiger partial charge in [0.1, 0.15) is 31.5 Å². The van der Waals surface area contributed by atoms with Crippen LogP contribution in [0.1, 0.15) is 32.8 Å². The summed E-state index contributed by atoms with van der Waals surface area (Å²) >= 11 is 0. The third-order valence-corrected chi connectivity index (χ3v) is 8.54. The van der Waals surface area contributed by atoms with Crippen molar-refractivity contribution < 1.29 is 32.2 Å². The Morgan fingerprint density at radius 1 is 0.952 bits per heavy atom. The van der Waals surface area contributed by atoms with Crippen molar-refractivity contribution in [2.45, 2.75) is 50.7 Å². The first kappa shape index (κ1) is 30.7. The van der Waals surface area contributed by atoms with Gasteiger partial charge in [-0.2, -0.15) is 0 Å². The molecule has 11 heteroatoms. The van der Waals surface area contributed by atoms with E-state index in [4.69, 9.17) is 14.2 Å². The van der Waals surface area contributed by atoms with Crippen molar-refractivity contribution in [3.63, 3.8) is 0 Å². The number of fused-ring (bicyclic) bond motifs is 1. The maximum absolute atomic E-state index is 14.2. The van der Waals surface area contributed by atoms with E-state index in [1.165, 1.54) is 17.0 Å². The maximum Gasteiger partial charge on any atom is 0.264 e. The van der Waals surface area contributed by atoms with E-state index >= 15 is 0 Å². The van der Waals surface area contributed by atoms with Gasteiger partial charge in [0.2, 0.25) is 11.8 Å². The summed E-state index contributed by atoms with van der Waals surface area (Å²) < 4.78 is 45.6. The van der Waals surface area contributed by atoms with Gasteiger partial charge >= 0.3 is 0 Å². The van der Waals surface area contributed by atoms with E-state index in [9.17, 15) is 18.0 Å². The first-order valence-electron chi connectivity index (χ1n) is 13.8. The second-order valence-electron chi connectivity index (χ2n) is 10.1. The number of ether oxygens (including phenoxy) is 3. The second kappa shape index (κ2) is 13.6. The zero-order chi connectivity index (χ0) is 30.3. The van der Waals surface area contributed by atoms with Gasteiger partial charge in [-0.25, -0.2) is 8.42 Å². The van der Waals surface area contributed by atoms with E-state index < -0.39 is 28.5 Å². The van der Waals surface area contributed by atoms with E-state index in [0.29, 0.717) is 36.9 Å². The molecule has 0 unspecified atom stereocenters. The van der Waals surface area contributed by atoms with Gasteiger partial charge in [-0.15, -0.1) is 0 Å². The van der Waals surface area contributed by atoms with Crippen molar-refractivity contribution in [1.29, 1.82) is 0 Å². The van der Waals surface area contributed by atoms with E-state index in [2.05, 4.69) is 5.32 Å². The van der Waals surface area contributed by atoms with E-state index in [-0.39, 0.29) is 29.1 Å². The Balaban J connectivity index is 1.75. The molecule has 0 spiro atoms. The molecule has 0 fully saturated rings. The van der Waals surface area contributed by atoms with Gasteiger partial charge in [-0.1, -0.05) is 37.3 Å². The highest BCUT2D eigenvalue weighted by Crippen LogP contribution is 2.36. The monoisotopic (exact) mass is 595 g/mol. The highest BCUT2D eigenvalue weighted by molar-refractivity contribution is 7.92. The van der Waals surface area contributed by atoms with Crippen molar-refractivity contribution in [1.82, 2.24) is 10.2 Å². The number of carbonyl (C=O) groups is 2. The first-order valence-corrected chi connectivity index (χ1v) is 15.3. The number of nitrogens with zero attached hydrogens (tertiary/aromatic N) is 2. The Morgan fingerprint density at radius 3 is 2.24 bits per heavy atom. The van der Waals surface area contributed by atoms with Crippen LogP contribution < -0.4 is 23.8 Å². The van der Waals surface area contributed by atoms with Gasteiger partial charge in [0.15, 0.2) is 11.5 Å². The molecule has 0 saturated carbocycles. The molecule has 0 aliphatic carbocycles. The highest BCUT2D eigenvalue weighted by Gasteiger charge is 2.34. The number of hydrogen-bond acceptors (Lipinski definition) is 7. The van der Waals surface area contributed by atoms with Crippen LogP contribution in [-0.2, 0) is 26.2 Å². The average molecular weight is 596 g/mol. The summed E-state index contributed by atoms with van der Waals surface area (Å²) in [4.78, 5) is 28.9. The van der Waals surface area contributed by atoms with Crippen LogP contribution in [0.2, 0.25) is 0 Å². The quantitative estimate of drug-likeness (QED) is 0.337. The summed E-state index contributed by atoms with van der Waals surface area (Å²) in [6, 6.07) is 18.9. The molecule has 0 radical (unpaired) electrons. The number of carbonyl (C=O) groups excluding carboxylic acids is 2. The molecule has 1 N–H and O–H groups in total. The molecule has 1 aliphatic rings. The smallest absolute Gasteiger partial charge is 0.264 e. The number of anilines is 1. The van der Waals surface area contributed by atoms with Gasteiger partial charge in [-0.05, 0) is 62.2 Å². The Kier molecular flexibility index (Phi) is 9.95. The molecule has 4 rings (SSSR count). The zero-order valence-electron chi connectivity index (χ0n) is 24.3. The van der Waals surface area contributed by atoms with Crippen LogP contribution in [0.5, 0.6) is 17.2 Å². The molecule has 1 heterocycles. The lowest BCUT2D eigenvalue weighted by molar-refractivity contribution is -0.140. The maximum atomic E-state index is 14.2. The van der Waals surface area contributed by atoms with Crippen molar-refractivity contribution in [2.24, 2.45) is 0 Å². The predicted octanol–water partition coefficient (Wildman–Crippen LogP) is 3.99. The fourth-order valence-corrected chi connectivity index (χ4v) is 6.09. The van der Waals surface area contributed by atoms with Crippen LogP contribution in [0.3, 0.4) is 0 Å². The fourth-order valence-electron chi connectivity index (χ4n) is 4.66. The Hall–Kier alpha value is -4.25. The summed E-state index contributed by atoms with van der Waals surface area (Å²) in [7, 11) is -2.63. The summed E-state index contributed by atoms with van der Waals surface area (Å²) in [5.74, 6) is 0.681. The molecule has 1 atom stereocenters. The number of methoxy groups -OCH3 is 1. The lowest BCUT2D eigenvalue weighted by Crippen LogP contribution is -2.53. The molecule has 0 aromatic heterocycles. The van der Waals surface area contributed by atoms with Crippen molar-refractivity contribution in [2.75, 3.05) is 31.2 Å². The van der Waals surface area contributed by atoms with E-state index in [1.807, 2.05) is 32.9 Å². The Labute approximate surface area is 247 Å². The molecule has 1 aliphatic heterocycles. The number of benzene rings is 3. The number of nitrogens with one attached hydrogen (secondary N) is 1. The predicted molar refractivity (Wildman–Crippen MR) is 159 cm³/mol. The molecular formula is C31H37N3O7S. The number of hydrogen-bond donors (Lipinski definition) is 1. The topological polar surface area (TPSA) is 114 Å². The molecule has 42 heavy (non-hydrogen) atoms.